The first kappa shape index (κ1) is 20.4. The van der Waals surface area contributed by atoms with Crippen molar-refractivity contribution in [2.75, 3.05) is 0 Å². The Balaban J connectivity index is 2.25. The van der Waals surface area contributed by atoms with E-state index in [0.29, 0.717) is 5.56 Å². The molecule has 0 amide bonds. The molecule has 1 aliphatic heterocycles. The van der Waals surface area contributed by atoms with Crippen molar-refractivity contribution in [1.82, 2.24) is 0 Å². The Morgan fingerprint density at radius 1 is 1.31 bits per heavy atom. The highest BCUT2D eigenvalue weighted by atomic mass is 35.5. The molecule has 142 valence electrons. The van der Waals surface area contributed by atoms with Gasteiger partial charge < -0.3 is 9.84 Å². The van der Waals surface area contributed by atoms with Crippen LogP contribution in [0.2, 0.25) is 5.02 Å². The predicted octanol–water partition coefficient (Wildman–Crippen LogP) is 6.11. The zero-order valence-corrected chi connectivity index (χ0v) is 15.0. The number of carbonyl (C=O) groups is 1. The molecule has 1 heterocycles. The zero-order valence-electron chi connectivity index (χ0n) is 14.3. The summed E-state index contributed by atoms with van der Waals surface area (Å²) >= 11 is 6.07. The molecule has 0 fully saturated rings. The van der Waals surface area contributed by atoms with Crippen molar-refractivity contribution in [2.24, 2.45) is 0 Å². The summed E-state index contributed by atoms with van der Waals surface area (Å²) in [4.78, 5) is 11.2. The summed E-state index contributed by atoms with van der Waals surface area (Å²) in [6, 6.07) is 3.08. The maximum Gasteiger partial charge on any atom is 0.430 e. The van der Waals surface area contributed by atoms with Crippen LogP contribution >= 0.6 is 11.6 Å². The van der Waals surface area contributed by atoms with E-state index < -0.39 is 23.8 Å². The minimum atomic E-state index is -4.84. The van der Waals surface area contributed by atoms with E-state index in [1.165, 1.54) is 12.5 Å². The van der Waals surface area contributed by atoms with Gasteiger partial charge in [0.25, 0.3) is 0 Å². The van der Waals surface area contributed by atoms with Crippen molar-refractivity contribution in [3.8, 4) is 5.75 Å². The van der Waals surface area contributed by atoms with Crippen LogP contribution in [0.4, 0.5) is 13.2 Å². The van der Waals surface area contributed by atoms with Crippen molar-refractivity contribution in [3.05, 3.63) is 39.9 Å². The third-order valence-electron chi connectivity index (χ3n) is 4.00. The number of benzene rings is 1. The molecule has 7 heteroatoms. The van der Waals surface area contributed by atoms with Crippen LogP contribution in [0.1, 0.15) is 50.2 Å². The second-order valence-corrected chi connectivity index (χ2v) is 6.52. The van der Waals surface area contributed by atoms with Crippen LogP contribution in [0.3, 0.4) is 0 Å². The van der Waals surface area contributed by atoms with E-state index in [0.717, 1.165) is 31.8 Å². The number of carboxylic acids is 1. The van der Waals surface area contributed by atoms with E-state index in [2.05, 4.69) is 6.92 Å². The molecule has 3 nitrogen and oxygen atoms in total. The van der Waals surface area contributed by atoms with Crippen LogP contribution in [0, 0.1) is 0 Å². The van der Waals surface area contributed by atoms with Crippen LogP contribution in [0.15, 0.2) is 23.8 Å². The summed E-state index contributed by atoms with van der Waals surface area (Å²) in [7, 11) is 0. The molecule has 1 aromatic carbocycles. The van der Waals surface area contributed by atoms with Gasteiger partial charge in [0.2, 0.25) is 6.10 Å². The molecule has 0 aliphatic carbocycles. The maximum absolute atomic E-state index is 13.1. The third-order valence-corrected chi connectivity index (χ3v) is 4.28. The molecular formula is C19H20ClF3O3. The molecule has 1 unspecified atom stereocenters. The molecule has 1 aromatic rings. The van der Waals surface area contributed by atoms with Crippen LogP contribution < -0.4 is 4.74 Å². The fraction of sp³-hybridized carbons (Fsp3) is 0.421. The smallest absolute Gasteiger partial charge is 0.430 e. The fourth-order valence-corrected chi connectivity index (χ4v) is 2.99. The molecule has 0 bridgehead atoms. The third kappa shape index (κ3) is 5.04. The number of halogens is 4. The van der Waals surface area contributed by atoms with Gasteiger partial charge in [0.05, 0.1) is 10.6 Å². The Bertz CT molecular complexity index is 723. The van der Waals surface area contributed by atoms with Crippen LogP contribution in [0.25, 0.3) is 12.2 Å². The van der Waals surface area contributed by atoms with E-state index in [-0.39, 0.29) is 16.3 Å². The number of aliphatic carboxylic acids is 1. The van der Waals surface area contributed by atoms with Gasteiger partial charge in [-0.1, -0.05) is 49.9 Å². The predicted molar refractivity (Wildman–Crippen MR) is 95.3 cm³/mol. The van der Waals surface area contributed by atoms with E-state index in [4.69, 9.17) is 21.4 Å². The van der Waals surface area contributed by atoms with E-state index in [1.54, 1.807) is 6.07 Å². The molecule has 0 saturated heterocycles. The highest BCUT2D eigenvalue weighted by Crippen LogP contribution is 2.41. The van der Waals surface area contributed by atoms with Gasteiger partial charge >= 0.3 is 12.1 Å². The molecule has 1 atom stereocenters. The topological polar surface area (TPSA) is 46.5 Å². The van der Waals surface area contributed by atoms with Gasteiger partial charge in [0.1, 0.15) is 5.75 Å². The normalized spacial score (nSPS) is 17.0. The summed E-state index contributed by atoms with van der Waals surface area (Å²) in [5.74, 6) is -1.83. The van der Waals surface area contributed by atoms with Gasteiger partial charge in [-0.25, -0.2) is 4.79 Å². The highest BCUT2D eigenvalue weighted by Gasteiger charge is 2.48. The number of allylic oxidation sites excluding steroid dienone is 1. The van der Waals surface area contributed by atoms with Gasteiger partial charge in [-0.3, -0.25) is 0 Å². The zero-order chi connectivity index (χ0) is 19.3. The van der Waals surface area contributed by atoms with Gasteiger partial charge in [-0.15, -0.1) is 0 Å². The van der Waals surface area contributed by atoms with Gasteiger partial charge in [-0.2, -0.15) is 13.2 Å². The van der Waals surface area contributed by atoms with Gasteiger partial charge in [0.15, 0.2) is 0 Å². The van der Waals surface area contributed by atoms with Gasteiger partial charge in [-0.05, 0) is 36.6 Å². The number of unbranched alkanes of at least 4 members (excludes halogenated alkanes) is 4. The SMILES string of the molecule is CCCCCCC=Cc1cc(Cl)c2c(c1)C=C(C(=O)O)C(C(F)(F)F)O2. The first-order valence-electron chi connectivity index (χ1n) is 8.42. The first-order valence-corrected chi connectivity index (χ1v) is 8.80. The Hall–Kier alpha value is -1.95. The van der Waals surface area contributed by atoms with E-state index in [9.17, 15) is 18.0 Å². The molecule has 26 heavy (non-hydrogen) atoms. The Kier molecular flexibility index (Phi) is 6.75. The Labute approximate surface area is 155 Å². The average molecular weight is 389 g/mol. The van der Waals surface area contributed by atoms with E-state index >= 15 is 0 Å². The molecule has 0 spiro atoms. The molecule has 0 aromatic heterocycles. The summed E-state index contributed by atoms with van der Waals surface area (Å²) in [6.45, 7) is 2.13. The second-order valence-electron chi connectivity index (χ2n) is 6.12. The van der Waals surface area contributed by atoms with Crippen molar-refractivity contribution in [3.63, 3.8) is 0 Å². The lowest BCUT2D eigenvalue weighted by molar-refractivity contribution is -0.187. The summed E-state index contributed by atoms with van der Waals surface area (Å²) in [5.41, 5.74) is 0.0436. The van der Waals surface area contributed by atoms with E-state index in [1.807, 2.05) is 12.2 Å². The lowest BCUT2D eigenvalue weighted by Gasteiger charge is -2.27. The Morgan fingerprint density at radius 3 is 2.65 bits per heavy atom. The molecule has 1 aliphatic rings. The van der Waals surface area contributed by atoms with Crippen LogP contribution in [-0.4, -0.2) is 23.4 Å². The summed E-state index contributed by atoms with van der Waals surface area (Å²) in [6.07, 6.45) is 2.81. The van der Waals surface area contributed by atoms with Crippen LogP contribution in [-0.2, 0) is 4.79 Å². The number of hydrogen-bond acceptors (Lipinski definition) is 2. The molecule has 0 saturated carbocycles. The quantitative estimate of drug-likeness (QED) is 0.573. The first-order chi connectivity index (χ1) is 12.2. The largest absolute Gasteiger partial charge is 0.478 e. The lowest BCUT2D eigenvalue weighted by atomic mass is 9.99. The fourth-order valence-electron chi connectivity index (χ4n) is 2.71. The summed E-state index contributed by atoms with van der Waals surface area (Å²) in [5, 5.41) is 9.10. The number of fused-ring (bicyclic) bond motifs is 1. The average Bonchev–Trinajstić information content (AvgIpc) is 2.56. The summed E-state index contributed by atoms with van der Waals surface area (Å²) < 4.78 is 44.1. The highest BCUT2D eigenvalue weighted by molar-refractivity contribution is 6.32. The number of ether oxygens (including phenoxy) is 1. The standard InChI is InChI=1S/C19H20ClF3O3/c1-2-3-4-5-6-7-8-12-9-13-11-14(18(24)25)17(19(21,22)23)26-16(13)15(20)10-12/h7-11,17H,2-6H2,1H3,(H,24,25). The van der Waals surface area contributed by atoms with Crippen molar-refractivity contribution in [2.45, 2.75) is 51.3 Å². The second kappa shape index (κ2) is 8.62. The molecular weight excluding hydrogens is 369 g/mol. The Morgan fingerprint density at radius 2 is 2.04 bits per heavy atom. The lowest BCUT2D eigenvalue weighted by Crippen LogP contribution is -2.40. The molecule has 2 rings (SSSR count). The van der Waals surface area contributed by atoms with Gasteiger partial charge in [0, 0.05) is 5.56 Å². The number of rotatable bonds is 7. The van der Waals surface area contributed by atoms with Crippen molar-refractivity contribution in [1.29, 1.82) is 0 Å². The van der Waals surface area contributed by atoms with Crippen molar-refractivity contribution >= 4 is 29.7 Å². The molecule has 0 radical (unpaired) electrons. The number of carboxylic acid groups (broad SMARTS) is 1. The monoisotopic (exact) mass is 388 g/mol. The molecule has 1 N–H and O–H groups in total. The number of alkyl halides is 3. The van der Waals surface area contributed by atoms with Crippen molar-refractivity contribution < 1.29 is 27.8 Å². The maximum atomic E-state index is 13.1. The van der Waals surface area contributed by atoms with Crippen LogP contribution in [0.5, 0.6) is 5.75 Å². The minimum Gasteiger partial charge on any atom is -0.478 e. The minimum absolute atomic E-state index is 0.0167. The number of hydrogen-bond donors (Lipinski definition) is 1.